The molecule has 0 aromatic carbocycles. The van der Waals surface area contributed by atoms with Crippen molar-refractivity contribution < 1.29 is 19.5 Å². The Labute approximate surface area is 93.4 Å². The number of hydrogen-bond acceptors (Lipinski definition) is 3. The third-order valence-electron chi connectivity index (χ3n) is 2.80. The van der Waals surface area contributed by atoms with E-state index in [-0.39, 0.29) is 30.6 Å². The van der Waals surface area contributed by atoms with E-state index >= 15 is 0 Å². The fourth-order valence-electron chi connectivity index (χ4n) is 1.79. The zero-order valence-electron chi connectivity index (χ0n) is 9.02. The zero-order valence-corrected chi connectivity index (χ0v) is 9.02. The van der Waals surface area contributed by atoms with Crippen LogP contribution < -0.4 is 5.73 Å². The van der Waals surface area contributed by atoms with Crippen molar-refractivity contribution in [3.8, 4) is 0 Å². The number of amides is 2. The Morgan fingerprint density at radius 1 is 1.19 bits per heavy atom. The number of nitrogens with zero attached hydrogens (tertiary/aromatic N) is 1. The van der Waals surface area contributed by atoms with Gasteiger partial charge in [0, 0.05) is 25.4 Å². The first kappa shape index (κ1) is 12.5. The number of nitrogens with two attached hydrogens (primary N) is 1. The van der Waals surface area contributed by atoms with E-state index in [4.69, 9.17) is 10.8 Å². The van der Waals surface area contributed by atoms with Crippen LogP contribution in [0, 0.1) is 5.92 Å². The standard InChI is InChI=1S/C10H16N2O4/c11-10(16)7-3-5-12(6-4-7)8(13)1-2-9(14)15/h7H,1-6H2,(H2,11,16)(H,14,15). The van der Waals surface area contributed by atoms with Gasteiger partial charge in [-0.25, -0.2) is 0 Å². The van der Waals surface area contributed by atoms with Gasteiger partial charge in [0.2, 0.25) is 11.8 Å². The number of carboxylic acid groups (broad SMARTS) is 1. The van der Waals surface area contributed by atoms with Gasteiger partial charge >= 0.3 is 5.97 Å². The summed E-state index contributed by atoms with van der Waals surface area (Å²) < 4.78 is 0. The van der Waals surface area contributed by atoms with E-state index in [1.165, 1.54) is 0 Å². The van der Waals surface area contributed by atoms with Crippen LogP contribution in [0.25, 0.3) is 0 Å². The molecule has 1 heterocycles. The molecule has 0 aliphatic carbocycles. The number of rotatable bonds is 4. The molecule has 6 nitrogen and oxygen atoms in total. The van der Waals surface area contributed by atoms with E-state index in [0.29, 0.717) is 25.9 Å². The number of carbonyl (C=O) groups excluding carboxylic acids is 2. The lowest BCUT2D eigenvalue weighted by Gasteiger charge is -2.30. The minimum absolute atomic E-state index is 0.0244. The van der Waals surface area contributed by atoms with E-state index in [1.54, 1.807) is 4.90 Å². The van der Waals surface area contributed by atoms with Crippen molar-refractivity contribution in [3.63, 3.8) is 0 Å². The summed E-state index contributed by atoms with van der Waals surface area (Å²) >= 11 is 0. The van der Waals surface area contributed by atoms with E-state index in [0.717, 1.165) is 0 Å². The molecule has 0 saturated carbocycles. The highest BCUT2D eigenvalue weighted by Gasteiger charge is 2.25. The molecule has 0 aromatic rings. The highest BCUT2D eigenvalue weighted by atomic mass is 16.4. The van der Waals surface area contributed by atoms with Crippen LogP contribution in [0.15, 0.2) is 0 Å². The van der Waals surface area contributed by atoms with Crippen LogP contribution in [0.5, 0.6) is 0 Å². The van der Waals surface area contributed by atoms with Gasteiger partial charge in [-0.1, -0.05) is 0 Å². The maximum atomic E-state index is 11.5. The van der Waals surface area contributed by atoms with Gasteiger partial charge in [-0.3, -0.25) is 14.4 Å². The van der Waals surface area contributed by atoms with Gasteiger partial charge in [0.15, 0.2) is 0 Å². The molecule has 3 N–H and O–H groups in total. The molecule has 16 heavy (non-hydrogen) atoms. The molecular weight excluding hydrogens is 212 g/mol. The summed E-state index contributed by atoms with van der Waals surface area (Å²) in [6, 6.07) is 0. The molecule has 1 rings (SSSR count). The predicted octanol–water partition coefficient (Wildman–Crippen LogP) is -0.425. The van der Waals surface area contributed by atoms with Crippen LogP contribution in [-0.4, -0.2) is 40.9 Å². The second-order valence-corrected chi connectivity index (χ2v) is 3.95. The third-order valence-corrected chi connectivity index (χ3v) is 2.80. The summed E-state index contributed by atoms with van der Waals surface area (Å²) in [6.07, 6.45) is 1.04. The molecule has 90 valence electrons. The molecular formula is C10H16N2O4. The molecule has 0 radical (unpaired) electrons. The molecule has 1 fully saturated rings. The van der Waals surface area contributed by atoms with E-state index in [2.05, 4.69) is 0 Å². The number of piperidine rings is 1. The number of likely N-dealkylation sites (tertiary alicyclic amines) is 1. The Morgan fingerprint density at radius 3 is 2.19 bits per heavy atom. The van der Waals surface area contributed by atoms with Gasteiger partial charge in [-0.05, 0) is 12.8 Å². The number of aliphatic carboxylic acids is 1. The maximum Gasteiger partial charge on any atom is 0.303 e. The second kappa shape index (κ2) is 5.48. The highest BCUT2D eigenvalue weighted by molar-refractivity contribution is 5.81. The summed E-state index contributed by atoms with van der Waals surface area (Å²) in [4.78, 5) is 34.3. The fourth-order valence-corrected chi connectivity index (χ4v) is 1.79. The molecule has 0 aromatic heterocycles. The van der Waals surface area contributed by atoms with Crippen LogP contribution in [0.3, 0.4) is 0 Å². The first-order chi connectivity index (χ1) is 7.50. The fraction of sp³-hybridized carbons (Fsp3) is 0.700. The monoisotopic (exact) mass is 228 g/mol. The lowest BCUT2D eigenvalue weighted by Crippen LogP contribution is -2.41. The quantitative estimate of drug-likeness (QED) is 0.682. The largest absolute Gasteiger partial charge is 0.481 e. The van der Waals surface area contributed by atoms with E-state index in [9.17, 15) is 14.4 Å². The molecule has 0 unspecified atom stereocenters. The second-order valence-electron chi connectivity index (χ2n) is 3.95. The SMILES string of the molecule is NC(=O)C1CCN(C(=O)CCC(=O)O)CC1. The molecule has 6 heteroatoms. The van der Waals surface area contributed by atoms with Gasteiger partial charge in [0.05, 0.1) is 6.42 Å². The molecule has 2 amide bonds. The molecule has 1 aliphatic heterocycles. The van der Waals surface area contributed by atoms with Crippen molar-refractivity contribution in [2.75, 3.05) is 13.1 Å². The summed E-state index contributed by atoms with van der Waals surface area (Å²) in [5.41, 5.74) is 5.17. The molecule has 0 spiro atoms. The van der Waals surface area contributed by atoms with Crippen LogP contribution in [0.4, 0.5) is 0 Å². The van der Waals surface area contributed by atoms with Crippen LogP contribution >= 0.6 is 0 Å². The van der Waals surface area contributed by atoms with Gasteiger partial charge in [0.25, 0.3) is 0 Å². The Bertz CT molecular complexity index is 295. The average molecular weight is 228 g/mol. The highest BCUT2D eigenvalue weighted by Crippen LogP contribution is 2.17. The number of primary amides is 1. The smallest absolute Gasteiger partial charge is 0.303 e. The Balaban J connectivity index is 2.33. The number of carbonyl (C=O) groups is 3. The third kappa shape index (κ3) is 3.52. The van der Waals surface area contributed by atoms with Crippen LogP contribution in [0.2, 0.25) is 0 Å². The Kier molecular flexibility index (Phi) is 4.28. The van der Waals surface area contributed by atoms with Crippen LogP contribution in [-0.2, 0) is 14.4 Å². The predicted molar refractivity (Wildman–Crippen MR) is 55.4 cm³/mol. The summed E-state index contributed by atoms with van der Waals surface area (Å²) in [6.45, 7) is 0.984. The van der Waals surface area contributed by atoms with Gasteiger partial charge in [-0.15, -0.1) is 0 Å². The Hall–Kier alpha value is -1.59. The molecule has 1 aliphatic rings. The lowest BCUT2D eigenvalue weighted by molar-refractivity contribution is -0.141. The van der Waals surface area contributed by atoms with Crippen molar-refractivity contribution >= 4 is 17.8 Å². The van der Waals surface area contributed by atoms with Crippen molar-refractivity contribution in [2.45, 2.75) is 25.7 Å². The maximum absolute atomic E-state index is 11.5. The van der Waals surface area contributed by atoms with Gasteiger partial charge in [0.1, 0.15) is 0 Å². The Morgan fingerprint density at radius 2 is 1.75 bits per heavy atom. The van der Waals surface area contributed by atoms with E-state index in [1.807, 2.05) is 0 Å². The zero-order chi connectivity index (χ0) is 12.1. The summed E-state index contributed by atoms with van der Waals surface area (Å²) in [7, 11) is 0. The average Bonchev–Trinajstić information content (AvgIpc) is 2.26. The van der Waals surface area contributed by atoms with Crippen LogP contribution in [0.1, 0.15) is 25.7 Å². The minimum Gasteiger partial charge on any atom is -0.481 e. The van der Waals surface area contributed by atoms with Crippen molar-refractivity contribution in [3.05, 3.63) is 0 Å². The van der Waals surface area contributed by atoms with Crippen molar-refractivity contribution in [2.24, 2.45) is 11.7 Å². The number of carboxylic acids is 1. The molecule has 0 bridgehead atoms. The normalized spacial score (nSPS) is 17.1. The lowest BCUT2D eigenvalue weighted by atomic mass is 9.96. The van der Waals surface area contributed by atoms with Gasteiger partial charge in [-0.2, -0.15) is 0 Å². The molecule has 1 saturated heterocycles. The van der Waals surface area contributed by atoms with Gasteiger partial charge < -0.3 is 15.7 Å². The molecule has 0 atom stereocenters. The minimum atomic E-state index is -0.972. The van der Waals surface area contributed by atoms with Crippen molar-refractivity contribution in [1.29, 1.82) is 0 Å². The first-order valence-corrected chi connectivity index (χ1v) is 5.29. The first-order valence-electron chi connectivity index (χ1n) is 5.29. The number of hydrogen-bond donors (Lipinski definition) is 2. The topological polar surface area (TPSA) is 101 Å². The van der Waals surface area contributed by atoms with Crippen molar-refractivity contribution in [1.82, 2.24) is 4.90 Å². The summed E-state index contributed by atoms with van der Waals surface area (Å²) in [5, 5.41) is 8.44. The summed E-state index contributed by atoms with van der Waals surface area (Å²) in [5.74, 6) is -1.60. The van der Waals surface area contributed by atoms with E-state index < -0.39 is 5.97 Å².